The van der Waals surface area contributed by atoms with Crippen molar-refractivity contribution < 1.29 is 9.13 Å². The van der Waals surface area contributed by atoms with E-state index in [-0.39, 0.29) is 5.82 Å². The molecule has 2 heterocycles. The first-order valence-electron chi connectivity index (χ1n) is 6.44. The maximum Gasteiger partial charge on any atom is 0.130 e. The molecular formula is C15H15FN2O. The zero-order chi connectivity index (χ0) is 13.1. The molecule has 1 aliphatic heterocycles. The third-order valence-corrected chi connectivity index (χ3v) is 3.22. The van der Waals surface area contributed by atoms with Crippen LogP contribution >= 0.6 is 0 Å². The first-order valence-corrected chi connectivity index (χ1v) is 6.44. The lowest BCUT2D eigenvalue weighted by Gasteiger charge is -2.11. The fourth-order valence-electron chi connectivity index (χ4n) is 2.26. The Labute approximate surface area is 111 Å². The summed E-state index contributed by atoms with van der Waals surface area (Å²) in [7, 11) is 0. The summed E-state index contributed by atoms with van der Waals surface area (Å²) in [6.45, 7) is 1.04. The maximum absolute atomic E-state index is 12.8. The van der Waals surface area contributed by atoms with Crippen LogP contribution in [0.15, 0.2) is 42.6 Å². The molecule has 19 heavy (non-hydrogen) atoms. The SMILES string of the molecule is Fc1ccc(Oc2ccnc([C@@H]3CCCN3)c2)cc1. The van der Waals surface area contributed by atoms with E-state index in [9.17, 15) is 4.39 Å². The molecule has 4 heteroatoms. The van der Waals surface area contributed by atoms with Gasteiger partial charge in [0.05, 0.1) is 5.69 Å². The standard InChI is InChI=1S/C15H15FN2O/c16-11-3-5-12(6-4-11)19-13-7-9-18-15(10-13)14-2-1-8-17-14/h3-7,9-10,14,17H,1-2,8H2/t14-/m0/s1. The Bertz CT molecular complexity index is 550. The number of hydrogen-bond acceptors (Lipinski definition) is 3. The predicted octanol–water partition coefficient (Wildman–Crippen LogP) is 3.44. The molecule has 0 unspecified atom stereocenters. The number of benzene rings is 1. The lowest BCUT2D eigenvalue weighted by Crippen LogP contribution is -2.14. The monoisotopic (exact) mass is 258 g/mol. The van der Waals surface area contributed by atoms with Crippen LogP contribution in [0.1, 0.15) is 24.6 Å². The smallest absolute Gasteiger partial charge is 0.130 e. The quantitative estimate of drug-likeness (QED) is 0.915. The Morgan fingerprint density at radius 3 is 2.74 bits per heavy atom. The Balaban J connectivity index is 1.77. The summed E-state index contributed by atoms with van der Waals surface area (Å²) in [4.78, 5) is 4.37. The van der Waals surface area contributed by atoms with Crippen LogP contribution in [-0.4, -0.2) is 11.5 Å². The fraction of sp³-hybridized carbons (Fsp3) is 0.267. The van der Waals surface area contributed by atoms with Gasteiger partial charge in [0.25, 0.3) is 0 Å². The van der Waals surface area contributed by atoms with E-state index in [1.165, 1.54) is 18.6 Å². The van der Waals surface area contributed by atoms with Gasteiger partial charge in [-0.1, -0.05) is 0 Å². The highest BCUT2D eigenvalue weighted by atomic mass is 19.1. The molecular weight excluding hydrogens is 243 g/mol. The summed E-state index contributed by atoms with van der Waals surface area (Å²) in [5.41, 5.74) is 0.997. The van der Waals surface area contributed by atoms with Crippen LogP contribution in [0.5, 0.6) is 11.5 Å². The van der Waals surface area contributed by atoms with Crippen molar-refractivity contribution >= 4 is 0 Å². The van der Waals surface area contributed by atoms with Crippen molar-refractivity contribution in [2.75, 3.05) is 6.54 Å². The van der Waals surface area contributed by atoms with E-state index in [1.54, 1.807) is 18.3 Å². The molecule has 0 bridgehead atoms. The van der Waals surface area contributed by atoms with Crippen molar-refractivity contribution in [2.45, 2.75) is 18.9 Å². The summed E-state index contributed by atoms with van der Waals surface area (Å²) in [6, 6.07) is 10.1. The van der Waals surface area contributed by atoms with E-state index in [0.29, 0.717) is 11.8 Å². The molecule has 0 amide bonds. The van der Waals surface area contributed by atoms with Crippen LogP contribution in [0.3, 0.4) is 0 Å². The molecule has 1 aliphatic rings. The number of halogens is 1. The van der Waals surface area contributed by atoms with E-state index in [2.05, 4.69) is 10.3 Å². The summed E-state index contributed by atoms with van der Waals surface area (Å²) < 4.78 is 18.5. The number of nitrogens with zero attached hydrogens (tertiary/aromatic N) is 1. The van der Waals surface area contributed by atoms with Gasteiger partial charge in [0.2, 0.25) is 0 Å². The minimum Gasteiger partial charge on any atom is -0.457 e. The Morgan fingerprint density at radius 1 is 1.16 bits per heavy atom. The summed E-state index contributed by atoms with van der Waals surface area (Å²) >= 11 is 0. The van der Waals surface area contributed by atoms with E-state index >= 15 is 0 Å². The normalized spacial score (nSPS) is 18.5. The van der Waals surface area contributed by atoms with Gasteiger partial charge in [-0.05, 0) is 49.7 Å². The van der Waals surface area contributed by atoms with Crippen molar-refractivity contribution in [3.63, 3.8) is 0 Å². The van der Waals surface area contributed by atoms with Gasteiger partial charge in [-0.15, -0.1) is 0 Å². The molecule has 2 aromatic rings. The van der Waals surface area contributed by atoms with Gasteiger partial charge < -0.3 is 10.1 Å². The highest BCUT2D eigenvalue weighted by Crippen LogP contribution is 2.26. The number of ether oxygens (including phenoxy) is 1. The van der Waals surface area contributed by atoms with Crippen molar-refractivity contribution in [1.29, 1.82) is 0 Å². The Kier molecular flexibility index (Phi) is 3.42. The molecule has 3 rings (SSSR count). The van der Waals surface area contributed by atoms with Gasteiger partial charge >= 0.3 is 0 Å². The third kappa shape index (κ3) is 2.90. The van der Waals surface area contributed by atoms with Gasteiger partial charge in [0, 0.05) is 18.3 Å². The van der Waals surface area contributed by atoms with Gasteiger partial charge in [-0.2, -0.15) is 0 Å². The lowest BCUT2D eigenvalue weighted by molar-refractivity contribution is 0.476. The first kappa shape index (κ1) is 12.1. The topological polar surface area (TPSA) is 34.1 Å². The molecule has 0 aliphatic carbocycles. The van der Waals surface area contributed by atoms with Crippen molar-refractivity contribution in [1.82, 2.24) is 10.3 Å². The van der Waals surface area contributed by atoms with E-state index in [1.807, 2.05) is 12.1 Å². The average molecular weight is 258 g/mol. The zero-order valence-corrected chi connectivity index (χ0v) is 10.5. The maximum atomic E-state index is 12.8. The molecule has 1 aromatic heterocycles. The largest absolute Gasteiger partial charge is 0.457 e. The molecule has 1 saturated heterocycles. The predicted molar refractivity (Wildman–Crippen MR) is 70.7 cm³/mol. The average Bonchev–Trinajstić information content (AvgIpc) is 2.96. The third-order valence-electron chi connectivity index (χ3n) is 3.22. The van der Waals surface area contributed by atoms with E-state index in [0.717, 1.165) is 24.4 Å². The molecule has 1 atom stereocenters. The Morgan fingerprint density at radius 2 is 2.00 bits per heavy atom. The van der Waals surface area contributed by atoms with Crippen LogP contribution in [0.25, 0.3) is 0 Å². The summed E-state index contributed by atoms with van der Waals surface area (Å²) in [6.07, 6.45) is 4.02. The van der Waals surface area contributed by atoms with Gasteiger partial charge in [-0.3, -0.25) is 4.98 Å². The molecule has 1 fully saturated rings. The highest BCUT2D eigenvalue weighted by Gasteiger charge is 2.17. The molecule has 1 aromatic carbocycles. The minimum atomic E-state index is -0.266. The molecule has 0 spiro atoms. The number of rotatable bonds is 3. The van der Waals surface area contributed by atoms with E-state index < -0.39 is 0 Å². The molecule has 1 N–H and O–H groups in total. The van der Waals surface area contributed by atoms with E-state index in [4.69, 9.17) is 4.74 Å². The van der Waals surface area contributed by atoms with Crippen LogP contribution in [-0.2, 0) is 0 Å². The van der Waals surface area contributed by atoms with Crippen LogP contribution in [0.2, 0.25) is 0 Å². The number of hydrogen-bond donors (Lipinski definition) is 1. The second-order valence-corrected chi connectivity index (χ2v) is 4.62. The van der Waals surface area contributed by atoms with Gasteiger partial charge in [0.15, 0.2) is 0 Å². The Hall–Kier alpha value is -1.94. The summed E-state index contributed by atoms with van der Waals surface area (Å²) in [5, 5.41) is 3.40. The van der Waals surface area contributed by atoms with Crippen molar-refractivity contribution in [2.24, 2.45) is 0 Å². The van der Waals surface area contributed by atoms with Crippen LogP contribution < -0.4 is 10.1 Å². The lowest BCUT2D eigenvalue weighted by atomic mass is 10.1. The van der Waals surface area contributed by atoms with Crippen molar-refractivity contribution in [3.05, 3.63) is 54.1 Å². The molecule has 0 radical (unpaired) electrons. The summed E-state index contributed by atoms with van der Waals surface area (Å²) in [5.74, 6) is 1.08. The van der Waals surface area contributed by atoms with Crippen LogP contribution in [0, 0.1) is 5.82 Å². The highest BCUT2D eigenvalue weighted by molar-refractivity contribution is 5.32. The second-order valence-electron chi connectivity index (χ2n) is 4.62. The molecule has 3 nitrogen and oxygen atoms in total. The second kappa shape index (κ2) is 5.36. The molecule has 98 valence electrons. The molecule has 0 saturated carbocycles. The zero-order valence-electron chi connectivity index (χ0n) is 10.5. The fourth-order valence-corrected chi connectivity index (χ4v) is 2.26. The minimum absolute atomic E-state index is 0.266. The van der Waals surface area contributed by atoms with Gasteiger partial charge in [-0.25, -0.2) is 4.39 Å². The van der Waals surface area contributed by atoms with Crippen LogP contribution in [0.4, 0.5) is 4.39 Å². The number of aromatic nitrogens is 1. The van der Waals surface area contributed by atoms with Gasteiger partial charge in [0.1, 0.15) is 17.3 Å². The van der Waals surface area contributed by atoms with Crippen molar-refractivity contribution in [3.8, 4) is 11.5 Å². The first-order chi connectivity index (χ1) is 9.31. The number of pyridine rings is 1. The number of nitrogens with one attached hydrogen (secondary N) is 1.